The lowest BCUT2D eigenvalue weighted by Gasteiger charge is -2.05. The lowest BCUT2D eigenvalue weighted by molar-refractivity contribution is 0.0734. The Labute approximate surface area is 143 Å². The van der Waals surface area contributed by atoms with E-state index in [1.807, 2.05) is 6.07 Å². The molecule has 0 fully saturated rings. The zero-order chi connectivity index (χ0) is 17.2. The molecule has 0 amide bonds. The first-order valence-electron chi connectivity index (χ1n) is 7.60. The topological polar surface area (TPSA) is 65.7 Å². The lowest BCUT2D eigenvalue weighted by atomic mass is 10.1. The van der Waals surface area contributed by atoms with Crippen molar-refractivity contribution in [2.45, 2.75) is 0 Å². The molecule has 0 saturated carbocycles. The number of carbonyl (C=O) groups excluding carboxylic acids is 2. The summed E-state index contributed by atoms with van der Waals surface area (Å²) in [5, 5.41) is 0. The highest BCUT2D eigenvalue weighted by molar-refractivity contribution is 6.14. The van der Waals surface area contributed by atoms with Gasteiger partial charge in [-0.05, 0) is 36.4 Å². The summed E-state index contributed by atoms with van der Waals surface area (Å²) in [5.41, 5.74) is 0.857. The Kier molecular flexibility index (Phi) is 3.67. The van der Waals surface area contributed by atoms with E-state index in [1.54, 1.807) is 48.5 Å². The van der Waals surface area contributed by atoms with Crippen molar-refractivity contribution in [3.05, 3.63) is 89.6 Å². The third-order valence-corrected chi connectivity index (χ3v) is 3.68. The second-order valence-electron chi connectivity index (χ2n) is 5.37. The standard InChI is InChI=1S/C20H12O5/c21-19-16-9-8-15(24-20(22)13-5-2-1-3-6-13)12-17(16)25-18(19)11-14-7-4-10-23-14/h1-12H/b18-11+. The molecule has 25 heavy (non-hydrogen) atoms. The molecule has 0 unspecified atom stereocenters. The first kappa shape index (κ1) is 15.0. The highest BCUT2D eigenvalue weighted by Crippen LogP contribution is 2.35. The minimum Gasteiger partial charge on any atom is -0.465 e. The minimum absolute atomic E-state index is 0.163. The maximum Gasteiger partial charge on any atom is 0.343 e. The molecular formula is C20H12O5. The van der Waals surface area contributed by atoms with Crippen molar-refractivity contribution in [2.24, 2.45) is 0 Å². The molecule has 4 rings (SSSR count). The zero-order valence-corrected chi connectivity index (χ0v) is 13.0. The highest BCUT2D eigenvalue weighted by Gasteiger charge is 2.28. The van der Waals surface area contributed by atoms with Crippen LogP contribution in [-0.2, 0) is 0 Å². The van der Waals surface area contributed by atoms with Gasteiger partial charge in [-0.1, -0.05) is 18.2 Å². The molecule has 0 atom stereocenters. The average Bonchev–Trinajstić information content (AvgIpc) is 3.24. The summed E-state index contributed by atoms with van der Waals surface area (Å²) in [4.78, 5) is 24.4. The van der Waals surface area contributed by atoms with Gasteiger partial charge in [-0.2, -0.15) is 0 Å². The van der Waals surface area contributed by atoms with Gasteiger partial charge in [0.2, 0.25) is 5.78 Å². The molecule has 0 radical (unpaired) electrons. The maximum absolute atomic E-state index is 12.3. The second kappa shape index (κ2) is 6.13. The van der Waals surface area contributed by atoms with Crippen LogP contribution in [0.4, 0.5) is 0 Å². The monoisotopic (exact) mass is 332 g/mol. The van der Waals surface area contributed by atoms with Crippen LogP contribution in [0.1, 0.15) is 26.5 Å². The largest absolute Gasteiger partial charge is 0.465 e. The van der Waals surface area contributed by atoms with Crippen LogP contribution in [0.2, 0.25) is 0 Å². The van der Waals surface area contributed by atoms with Crippen molar-refractivity contribution in [3.63, 3.8) is 0 Å². The van der Waals surface area contributed by atoms with E-state index in [9.17, 15) is 9.59 Å². The van der Waals surface area contributed by atoms with E-state index in [4.69, 9.17) is 13.9 Å². The number of ketones is 1. The molecule has 0 spiro atoms. The predicted molar refractivity (Wildman–Crippen MR) is 89.5 cm³/mol. The molecule has 3 aromatic rings. The third-order valence-electron chi connectivity index (χ3n) is 3.68. The molecule has 1 aromatic heterocycles. The number of fused-ring (bicyclic) bond motifs is 1. The van der Waals surface area contributed by atoms with E-state index >= 15 is 0 Å². The van der Waals surface area contributed by atoms with Crippen molar-refractivity contribution in [1.82, 2.24) is 0 Å². The molecule has 0 N–H and O–H groups in total. The van der Waals surface area contributed by atoms with Crippen LogP contribution in [0, 0.1) is 0 Å². The fourth-order valence-electron chi connectivity index (χ4n) is 2.47. The van der Waals surface area contributed by atoms with Crippen molar-refractivity contribution < 1.29 is 23.5 Å². The minimum atomic E-state index is -0.476. The number of ether oxygens (including phenoxy) is 2. The van der Waals surface area contributed by atoms with Crippen LogP contribution < -0.4 is 9.47 Å². The number of furan rings is 1. The summed E-state index contributed by atoms with van der Waals surface area (Å²) < 4.78 is 16.1. The molecule has 1 aliphatic heterocycles. The van der Waals surface area contributed by atoms with E-state index < -0.39 is 5.97 Å². The molecule has 0 aliphatic carbocycles. The molecular weight excluding hydrogens is 320 g/mol. The molecule has 1 aliphatic rings. The van der Waals surface area contributed by atoms with Gasteiger partial charge >= 0.3 is 5.97 Å². The summed E-state index contributed by atoms with van der Waals surface area (Å²) in [6, 6.07) is 16.8. The number of allylic oxidation sites excluding steroid dienone is 1. The normalized spacial score (nSPS) is 14.2. The predicted octanol–water partition coefficient (Wildman–Crippen LogP) is 4.12. The van der Waals surface area contributed by atoms with Gasteiger partial charge in [-0.25, -0.2) is 4.79 Å². The number of Topliss-reactive ketones (excluding diaryl/α,β-unsaturated/α-hetero) is 1. The quantitative estimate of drug-likeness (QED) is 0.410. The van der Waals surface area contributed by atoms with E-state index in [0.717, 1.165) is 0 Å². The number of carbonyl (C=O) groups is 2. The van der Waals surface area contributed by atoms with E-state index in [1.165, 1.54) is 18.4 Å². The van der Waals surface area contributed by atoms with Crippen molar-refractivity contribution in [2.75, 3.05) is 0 Å². The molecule has 0 bridgehead atoms. The first-order valence-corrected chi connectivity index (χ1v) is 7.60. The smallest absolute Gasteiger partial charge is 0.343 e. The van der Waals surface area contributed by atoms with Crippen LogP contribution >= 0.6 is 0 Å². The zero-order valence-electron chi connectivity index (χ0n) is 13.0. The van der Waals surface area contributed by atoms with Crippen LogP contribution in [0.15, 0.2) is 77.1 Å². The highest BCUT2D eigenvalue weighted by atomic mass is 16.5. The van der Waals surface area contributed by atoms with Crippen LogP contribution in [0.3, 0.4) is 0 Å². The molecule has 122 valence electrons. The number of benzene rings is 2. The van der Waals surface area contributed by atoms with Gasteiger partial charge in [0.1, 0.15) is 17.3 Å². The second-order valence-corrected chi connectivity index (χ2v) is 5.37. The number of hydrogen-bond donors (Lipinski definition) is 0. The Morgan fingerprint density at radius 3 is 2.60 bits per heavy atom. The summed E-state index contributed by atoms with van der Waals surface area (Å²) >= 11 is 0. The summed E-state index contributed by atoms with van der Waals surface area (Å²) in [6.07, 6.45) is 3.04. The first-order chi connectivity index (χ1) is 12.2. The average molecular weight is 332 g/mol. The lowest BCUT2D eigenvalue weighted by Crippen LogP contribution is -2.08. The summed E-state index contributed by atoms with van der Waals surface area (Å²) in [6.45, 7) is 0. The fourth-order valence-corrected chi connectivity index (χ4v) is 2.47. The van der Waals surface area contributed by atoms with Crippen molar-refractivity contribution >= 4 is 17.8 Å². The van der Waals surface area contributed by atoms with Crippen molar-refractivity contribution in [1.29, 1.82) is 0 Å². The molecule has 0 saturated heterocycles. The maximum atomic E-state index is 12.3. The van der Waals surface area contributed by atoms with Gasteiger partial charge < -0.3 is 13.9 Å². The Morgan fingerprint density at radius 2 is 1.84 bits per heavy atom. The van der Waals surface area contributed by atoms with Gasteiger partial charge in [0.25, 0.3) is 0 Å². The number of esters is 1. The van der Waals surface area contributed by atoms with Crippen molar-refractivity contribution in [3.8, 4) is 11.5 Å². The Morgan fingerprint density at radius 1 is 1.00 bits per heavy atom. The summed E-state index contributed by atoms with van der Waals surface area (Å²) in [7, 11) is 0. The summed E-state index contributed by atoms with van der Waals surface area (Å²) in [5.74, 6) is 0.618. The van der Waals surface area contributed by atoms with Gasteiger partial charge in [0.05, 0.1) is 17.4 Å². The molecule has 5 nitrogen and oxygen atoms in total. The van der Waals surface area contributed by atoms with E-state index in [2.05, 4.69) is 0 Å². The van der Waals surface area contributed by atoms with Crippen LogP contribution in [0.5, 0.6) is 11.5 Å². The van der Waals surface area contributed by atoms with E-state index in [-0.39, 0.29) is 11.5 Å². The number of hydrogen-bond acceptors (Lipinski definition) is 5. The van der Waals surface area contributed by atoms with Gasteiger partial charge in [-0.15, -0.1) is 0 Å². The van der Waals surface area contributed by atoms with Crippen LogP contribution in [0.25, 0.3) is 6.08 Å². The van der Waals surface area contributed by atoms with Gasteiger partial charge in [-0.3, -0.25) is 4.79 Å². The third kappa shape index (κ3) is 2.95. The molecule has 2 aromatic carbocycles. The van der Waals surface area contributed by atoms with Gasteiger partial charge in [0, 0.05) is 12.1 Å². The van der Waals surface area contributed by atoms with Gasteiger partial charge in [0.15, 0.2) is 5.76 Å². The number of rotatable bonds is 3. The Balaban J connectivity index is 1.56. The molecule has 2 heterocycles. The van der Waals surface area contributed by atoms with E-state index in [0.29, 0.717) is 28.4 Å². The Bertz CT molecular complexity index is 969. The molecule has 5 heteroatoms. The fraction of sp³-hybridized carbons (Fsp3) is 0. The van der Waals surface area contributed by atoms with Crippen LogP contribution in [-0.4, -0.2) is 11.8 Å². The SMILES string of the molecule is O=C(Oc1ccc2c(c1)O/C(=C/c1ccco1)C2=O)c1ccccc1. The Hall–Kier alpha value is -3.60.